The molecule has 0 radical (unpaired) electrons. The number of nitrogens with zero attached hydrogens (tertiary/aromatic N) is 1. The number of nitrogens with one attached hydrogen (secondary N) is 2. The first-order valence-corrected chi connectivity index (χ1v) is 11.6. The molecule has 168 valence electrons. The fraction of sp³-hybridized carbons (Fsp3) is 0.125. The SMILES string of the molecule is C[C@H](N=C1NS(=O)(=O)c2ccccc21)C(=O)OCc1ccc(C(=O)Nc2ccccc2)cc1. The van der Waals surface area contributed by atoms with Crippen LogP contribution >= 0.6 is 0 Å². The van der Waals surface area contributed by atoms with Crippen LogP contribution in [0.1, 0.15) is 28.4 Å². The number of para-hydroxylation sites is 1. The molecule has 3 aromatic carbocycles. The number of sulfonamides is 1. The molecule has 1 heterocycles. The van der Waals surface area contributed by atoms with Gasteiger partial charge in [0.1, 0.15) is 18.5 Å². The highest BCUT2D eigenvalue weighted by Gasteiger charge is 2.31. The van der Waals surface area contributed by atoms with Crippen LogP contribution in [0.2, 0.25) is 0 Å². The van der Waals surface area contributed by atoms with Crippen molar-refractivity contribution in [1.82, 2.24) is 4.72 Å². The van der Waals surface area contributed by atoms with Gasteiger partial charge in [-0.2, -0.15) is 0 Å². The first kappa shape index (κ1) is 22.2. The Labute approximate surface area is 191 Å². The number of hydrogen-bond acceptors (Lipinski definition) is 6. The summed E-state index contributed by atoms with van der Waals surface area (Å²) in [4.78, 5) is 29.0. The second kappa shape index (κ2) is 9.25. The average Bonchev–Trinajstić information content (AvgIpc) is 3.08. The highest BCUT2D eigenvalue weighted by atomic mass is 32.2. The maximum absolute atomic E-state index is 12.4. The summed E-state index contributed by atoms with van der Waals surface area (Å²) < 4.78 is 32.0. The maximum Gasteiger partial charge on any atom is 0.330 e. The van der Waals surface area contributed by atoms with Crippen molar-refractivity contribution in [1.29, 1.82) is 0 Å². The van der Waals surface area contributed by atoms with Crippen molar-refractivity contribution in [3.63, 3.8) is 0 Å². The lowest BCUT2D eigenvalue weighted by atomic mass is 10.1. The van der Waals surface area contributed by atoms with E-state index in [1.54, 1.807) is 54.6 Å². The van der Waals surface area contributed by atoms with Gasteiger partial charge in [-0.1, -0.05) is 42.5 Å². The van der Waals surface area contributed by atoms with Gasteiger partial charge in [0.2, 0.25) is 0 Å². The van der Waals surface area contributed by atoms with E-state index in [1.807, 2.05) is 18.2 Å². The third-order valence-electron chi connectivity index (χ3n) is 4.96. The van der Waals surface area contributed by atoms with E-state index in [1.165, 1.54) is 13.0 Å². The number of carbonyl (C=O) groups is 2. The van der Waals surface area contributed by atoms with Gasteiger partial charge in [-0.3, -0.25) is 14.5 Å². The average molecular weight is 464 g/mol. The third kappa shape index (κ3) is 5.09. The lowest BCUT2D eigenvalue weighted by Crippen LogP contribution is -2.26. The highest BCUT2D eigenvalue weighted by Crippen LogP contribution is 2.22. The third-order valence-corrected chi connectivity index (χ3v) is 6.35. The minimum absolute atomic E-state index is 0.00305. The molecule has 0 bridgehead atoms. The van der Waals surface area contributed by atoms with Crippen molar-refractivity contribution in [3.05, 3.63) is 95.6 Å². The molecule has 3 aromatic rings. The quantitative estimate of drug-likeness (QED) is 0.545. The topological polar surface area (TPSA) is 114 Å². The summed E-state index contributed by atoms with van der Waals surface area (Å²) in [5.74, 6) is -0.728. The predicted octanol–water partition coefficient (Wildman–Crippen LogP) is 3.11. The van der Waals surface area contributed by atoms with Gasteiger partial charge in [0.05, 0.1) is 4.90 Å². The van der Waals surface area contributed by atoms with Crippen molar-refractivity contribution in [2.75, 3.05) is 5.32 Å². The molecule has 0 spiro atoms. The minimum atomic E-state index is -3.68. The van der Waals surface area contributed by atoms with Crippen LogP contribution in [0.25, 0.3) is 0 Å². The van der Waals surface area contributed by atoms with Gasteiger partial charge >= 0.3 is 5.97 Å². The molecule has 0 unspecified atom stereocenters. The van der Waals surface area contributed by atoms with E-state index in [-0.39, 0.29) is 23.2 Å². The predicted molar refractivity (Wildman–Crippen MR) is 123 cm³/mol. The fourth-order valence-electron chi connectivity index (χ4n) is 3.23. The minimum Gasteiger partial charge on any atom is -0.459 e. The standard InChI is InChI=1S/C24H21N3O5S/c1-16(25-22-20-9-5-6-10-21(20)33(30,31)27-22)24(29)32-15-17-11-13-18(14-12-17)23(28)26-19-7-3-2-4-8-19/h2-14,16H,15H2,1H3,(H,25,27)(H,26,28)/t16-/m0/s1. The van der Waals surface area contributed by atoms with Crippen LogP contribution in [0.5, 0.6) is 0 Å². The molecule has 33 heavy (non-hydrogen) atoms. The highest BCUT2D eigenvalue weighted by molar-refractivity contribution is 7.90. The smallest absolute Gasteiger partial charge is 0.330 e. The first-order valence-electron chi connectivity index (χ1n) is 10.2. The number of amidine groups is 1. The van der Waals surface area contributed by atoms with Crippen molar-refractivity contribution in [2.24, 2.45) is 4.99 Å². The largest absolute Gasteiger partial charge is 0.459 e. The molecule has 0 aromatic heterocycles. The number of rotatable bonds is 6. The van der Waals surface area contributed by atoms with Crippen molar-refractivity contribution in [2.45, 2.75) is 24.5 Å². The Morgan fingerprint density at radius 1 is 0.970 bits per heavy atom. The molecule has 0 aliphatic carbocycles. The lowest BCUT2D eigenvalue weighted by Gasteiger charge is -2.10. The first-order chi connectivity index (χ1) is 15.8. The van der Waals surface area contributed by atoms with Crippen LogP contribution in [0, 0.1) is 0 Å². The van der Waals surface area contributed by atoms with E-state index >= 15 is 0 Å². The van der Waals surface area contributed by atoms with Crippen LogP contribution in [0.15, 0.2) is 88.8 Å². The molecular formula is C24H21N3O5S. The molecule has 1 aliphatic rings. The zero-order valence-electron chi connectivity index (χ0n) is 17.7. The Kier molecular flexibility index (Phi) is 6.23. The van der Waals surface area contributed by atoms with Gasteiger partial charge in [-0.25, -0.2) is 13.2 Å². The fourth-order valence-corrected chi connectivity index (χ4v) is 4.47. The van der Waals surface area contributed by atoms with Crippen molar-refractivity contribution < 1.29 is 22.7 Å². The van der Waals surface area contributed by atoms with Crippen LogP contribution in [0.3, 0.4) is 0 Å². The van der Waals surface area contributed by atoms with Gasteiger partial charge < -0.3 is 10.1 Å². The number of ether oxygens (including phenoxy) is 1. The summed E-state index contributed by atoms with van der Waals surface area (Å²) in [7, 11) is -3.68. The van der Waals surface area contributed by atoms with E-state index in [0.29, 0.717) is 22.4 Å². The molecule has 1 atom stereocenters. The number of benzene rings is 3. The van der Waals surface area contributed by atoms with Crippen molar-refractivity contribution in [3.8, 4) is 0 Å². The molecule has 4 rings (SSSR count). The Balaban J connectivity index is 1.35. The molecule has 0 fully saturated rings. The van der Waals surface area contributed by atoms with E-state index in [0.717, 1.165) is 0 Å². The molecule has 1 amide bonds. The number of carbonyl (C=O) groups excluding carboxylic acids is 2. The van der Waals surface area contributed by atoms with E-state index in [2.05, 4.69) is 15.0 Å². The summed E-state index contributed by atoms with van der Waals surface area (Å²) in [6, 6.07) is 21.3. The zero-order chi connectivity index (χ0) is 23.4. The molecule has 9 heteroatoms. The van der Waals surface area contributed by atoms with Crippen LogP contribution < -0.4 is 10.0 Å². The molecular weight excluding hydrogens is 442 g/mol. The number of amides is 1. The molecule has 2 N–H and O–H groups in total. The van der Waals surface area contributed by atoms with E-state index in [9.17, 15) is 18.0 Å². The summed E-state index contributed by atoms with van der Waals surface area (Å²) in [5, 5.41) is 2.80. The van der Waals surface area contributed by atoms with Gasteiger partial charge in [-0.05, 0) is 48.9 Å². The molecule has 0 saturated heterocycles. The van der Waals surface area contributed by atoms with Gasteiger partial charge in [0.15, 0.2) is 0 Å². The molecule has 8 nitrogen and oxygen atoms in total. The molecule has 1 aliphatic heterocycles. The van der Waals surface area contributed by atoms with E-state index in [4.69, 9.17) is 4.74 Å². The Morgan fingerprint density at radius 2 is 1.64 bits per heavy atom. The second-order valence-electron chi connectivity index (χ2n) is 7.38. The lowest BCUT2D eigenvalue weighted by molar-refractivity contribution is -0.146. The summed E-state index contributed by atoms with van der Waals surface area (Å²) in [5.41, 5.74) is 2.29. The number of aliphatic imine (C=N–C) groups is 1. The summed E-state index contributed by atoms with van der Waals surface area (Å²) in [6.07, 6.45) is 0. The Bertz CT molecular complexity index is 1320. The number of hydrogen-bond donors (Lipinski definition) is 2. The summed E-state index contributed by atoms with van der Waals surface area (Å²) >= 11 is 0. The zero-order valence-corrected chi connectivity index (χ0v) is 18.5. The molecule has 0 saturated carbocycles. The number of fused-ring (bicyclic) bond motifs is 1. The van der Waals surface area contributed by atoms with Crippen LogP contribution in [-0.2, 0) is 26.2 Å². The van der Waals surface area contributed by atoms with Crippen LogP contribution in [0.4, 0.5) is 5.69 Å². The van der Waals surface area contributed by atoms with Gasteiger partial charge in [-0.15, -0.1) is 0 Å². The second-order valence-corrected chi connectivity index (χ2v) is 9.03. The van der Waals surface area contributed by atoms with Crippen molar-refractivity contribution >= 4 is 33.4 Å². The van der Waals surface area contributed by atoms with Gasteiger partial charge in [0, 0.05) is 16.8 Å². The van der Waals surface area contributed by atoms with Gasteiger partial charge in [0.25, 0.3) is 15.9 Å². The van der Waals surface area contributed by atoms with E-state index < -0.39 is 22.0 Å². The maximum atomic E-state index is 12.4. The normalized spacial score (nSPS) is 15.8. The Morgan fingerprint density at radius 3 is 2.36 bits per heavy atom. The summed E-state index contributed by atoms with van der Waals surface area (Å²) in [6.45, 7) is 1.53. The number of anilines is 1. The Hall–Kier alpha value is -3.98. The number of esters is 1. The monoisotopic (exact) mass is 463 g/mol. The van der Waals surface area contributed by atoms with Crippen LogP contribution in [-0.4, -0.2) is 32.2 Å².